The Morgan fingerprint density at radius 3 is 2.76 bits per heavy atom. The van der Waals surface area contributed by atoms with Gasteiger partial charge < -0.3 is 9.42 Å². The van der Waals surface area contributed by atoms with Crippen LogP contribution in [0.25, 0.3) is 11.5 Å². The number of carbonyl (C=O) groups is 1. The molecule has 130 valence electrons. The van der Waals surface area contributed by atoms with Gasteiger partial charge in [-0.3, -0.25) is 4.79 Å². The van der Waals surface area contributed by atoms with Crippen LogP contribution in [0.2, 0.25) is 0 Å². The molecule has 2 atom stereocenters. The molecular weight excluding hydrogens is 314 g/mol. The number of amides is 1. The van der Waals surface area contributed by atoms with Crippen LogP contribution in [-0.2, 0) is 10.2 Å². The van der Waals surface area contributed by atoms with E-state index in [1.807, 2.05) is 30.3 Å². The monoisotopic (exact) mass is 337 g/mol. The van der Waals surface area contributed by atoms with Gasteiger partial charge in [0.1, 0.15) is 0 Å². The molecule has 0 N–H and O–H groups in total. The van der Waals surface area contributed by atoms with Crippen LogP contribution < -0.4 is 0 Å². The van der Waals surface area contributed by atoms with Gasteiger partial charge in [-0.05, 0) is 43.7 Å². The summed E-state index contributed by atoms with van der Waals surface area (Å²) in [7, 11) is 0. The van der Waals surface area contributed by atoms with Crippen LogP contribution in [0.4, 0.5) is 0 Å². The van der Waals surface area contributed by atoms with E-state index in [1.165, 1.54) is 12.8 Å². The van der Waals surface area contributed by atoms with Crippen molar-refractivity contribution < 1.29 is 9.32 Å². The van der Waals surface area contributed by atoms with Crippen molar-refractivity contribution in [3.63, 3.8) is 0 Å². The summed E-state index contributed by atoms with van der Waals surface area (Å²) in [4.78, 5) is 19.6. The van der Waals surface area contributed by atoms with Gasteiger partial charge in [0.05, 0.1) is 5.41 Å². The van der Waals surface area contributed by atoms with Crippen molar-refractivity contribution in [2.75, 3.05) is 13.1 Å². The number of hydrogen-bond acceptors (Lipinski definition) is 4. The second-order valence-corrected chi connectivity index (χ2v) is 7.88. The van der Waals surface area contributed by atoms with Gasteiger partial charge in [0.15, 0.2) is 5.82 Å². The Morgan fingerprint density at radius 2 is 2.00 bits per heavy atom. The third kappa shape index (κ3) is 2.32. The third-order valence-electron chi connectivity index (χ3n) is 6.53. The number of hydrogen-bond donors (Lipinski definition) is 0. The summed E-state index contributed by atoms with van der Waals surface area (Å²) in [6.45, 7) is 1.63. The molecule has 3 fully saturated rings. The van der Waals surface area contributed by atoms with E-state index in [0.29, 0.717) is 17.7 Å². The standard InChI is InChI=1S/C20H23N3O2/c24-18(15-8-4-9-15)23-12-16-10-5-11-20(16,13-23)19-21-17(25-22-19)14-6-2-1-3-7-14/h1-3,6-7,15-16H,4-5,8-13H2/t16-,20-/m1/s1. The summed E-state index contributed by atoms with van der Waals surface area (Å²) in [5.41, 5.74) is 0.850. The van der Waals surface area contributed by atoms with E-state index in [9.17, 15) is 4.79 Å². The van der Waals surface area contributed by atoms with Crippen molar-refractivity contribution in [1.82, 2.24) is 15.0 Å². The molecule has 2 heterocycles. The first kappa shape index (κ1) is 15.1. The zero-order valence-corrected chi connectivity index (χ0v) is 14.4. The number of nitrogens with zero attached hydrogens (tertiary/aromatic N) is 3. The van der Waals surface area contributed by atoms with Crippen molar-refractivity contribution in [3.05, 3.63) is 36.2 Å². The molecule has 1 saturated heterocycles. The molecule has 1 aliphatic heterocycles. The molecule has 2 aliphatic carbocycles. The van der Waals surface area contributed by atoms with Crippen LogP contribution in [0.5, 0.6) is 0 Å². The normalized spacial score (nSPS) is 28.8. The van der Waals surface area contributed by atoms with Gasteiger partial charge in [0.2, 0.25) is 5.91 Å². The van der Waals surface area contributed by atoms with E-state index in [2.05, 4.69) is 10.1 Å². The maximum Gasteiger partial charge on any atom is 0.257 e. The lowest BCUT2D eigenvalue weighted by Gasteiger charge is -2.30. The molecule has 5 rings (SSSR count). The van der Waals surface area contributed by atoms with Gasteiger partial charge in [-0.1, -0.05) is 36.2 Å². The van der Waals surface area contributed by atoms with Gasteiger partial charge in [-0.2, -0.15) is 4.98 Å². The number of likely N-dealkylation sites (tertiary alicyclic amines) is 1. The Balaban J connectivity index is 1.43. The second kappa shape index (κ2) is 5.68. The predicted molar refractivity (Wildman–Crippen MR) is 92.7 cm³/mol. The lowest BCUT2D eigenvalue weighted by atomic mass is 9.80. The maximum atomic E-state index is 12.7. The Bertz CT molecular complexity index is 783. The topological polar surface area (TPSA) is 59.2 Å². The fourth-order valence-electron chi connectivity index (χ4n) is 4.86. The van der Waals surface area contributed by atoms with Crippen LogP contribution in [0, 0.1) is 11.8 Å². The number of benzene rings is 1. The molecular formula is C20H23N3O2. The molecule has 1 aromatic heterocycles. The number of rotatable bonds is 3. The van der Waals surface area contributed by atoms with E-state index in [4.69, 9.17) is 9.51 Å². The highest BCUT2D eigenvalue weighted by Crippen LogP contribution is 2.50. The maximum absolute atomic E-state index is 12.7. The molecule has 2 saturated carbocycles. The lowest BCUT2D eigenvalue weighted by molar-refractivity contribution is -0.137. The first-order valence-corrected chi connectivity index (χ1v) is 9.45. The number of fused-ring (bicyclic) bond motifs is 1. The fourth-order valence-corrected chi connectivity index (χ4v) is 4.86. The molecule has 0 radical (unpaired) electrons. The van der Waals surface area contributed by atoms with Crippen LogP contribution >= 0.6 is 0 Å². The number of aromatic nitrogens is 2. The molecule has 2 aromatic rings. The molecule has 0 spiro atoms. The molecule has 1 aromatic carbocycles. The van der Waals surface area contributed by atoms with Gasteiger partial charge >= 0.3 is 0 Å². The average molecular weight is 337 g/mol. The highest BCUT2D eigenvalue weighted by atomic mass is 16.5. The third-order valence-corrected chi connectivity index (χ3v) is 6.53. The van der Waals surface area contributed by atoms with Crippen molar-refractivity contribution >= 4 is 5.91 Å². The first-order chi connectivity index (χ1) is 12.3. The summed E-state index contributed by atoms with van der Waals surface area (Å²) in [5, 5.41) is 4.36. The average Bonchev–Trinajstić information content (AvgIpc) is 3.27. The summed E-state index contributed by atoms with van der Waals surface area (Å²) in [6.07, 6.45) is 6.72. The van der Waals surface area contributed by atoms with Crippen LogP contribution in [0.3, 0.4) is 0 Å². The first-order valence-electron chi connectivity index (χ1n) is 9.45. The minimum absolute atomic E-state index is 0.101. The Kier molecular flexibility index (Phi) is 3.43. The van der Waals surface area contributed by atoms with E-state index >= 15 is 0 Å². The SMILES string of the molecule is O=C(C1CCC1)N1C[C@H]2CCC[C@@]2(c2noc(-c3ccccc3)n2)C1. The number of carbonyl (C=O) groups excluding carboxylic acids is 1. The predicted octanol–water partition coefficient (Wildman–Crippen LogP) is 3.42. The quantitative estimate of drug-likeness (QED) is 0.861. The van der Waals surface area contributed by atoms with Crippen molar-refractivity contribution in [2.24, 2.45) is 11.8 Å². The Morgan fingerprint density at radius 1 is 1.16 bits per heavy atom. The highest BCUT2D eigenvalue weighted by Gasteiger charge is 2.55. The molecule has 3 aliphatic rings. The minimum Gasteiger partial charge on any atom is -0.341 e. The van der Waals surface area contributed by atoms with E-state index in [0.717, 1.165) is 50.2 Å². The van der Waals surface area contributed by atoms with Crippen LogP contribution in [0.1, 0.15) is 44.3 Å². The lowest BCUT2D eigenvalue weighted by Crippen LogP contribution is -2.40. The van der Waals surface area contributed by atoms with Gasteiger partial charge in [0.25, 0.3) is 5.89 Å². The fraction of sp³-hybridized carbons (Fsp3) is 0.550. The Labute approximate surface area is 147 Å². The van der Waals surface area contributed by atoms with Crippen molar-refractivity contribution in [2.45, 2.75) is 43.9 Å². The zero-order chi connectivity index (χ0) is 16.9. The molecule has 5 nitrogen and oxygen atoms in total. The highest BCUT2D eigenvalue weighted by molar-refractivity contribution is 5.80. The summed E-state index contributed by atoms with van der Waals surface area (Å²) in [5.74, 6) is 2.47. The van der Waals surface area contributed by atoms with E-state index in [-0.39, 0.29) is 11.3 Å². The van der Waals surface area contributed by atoms with Gasteiger partial charge in [-0.15, -0.1) is 0 Å². The van der Waals surface area contributed by atoms with Gasteiger partial charge in [0, 0.05) is 24.6 Å². The summed E-state index contributed by atoms with van der Waals surface area (Å²) < 4.78 is 5.58. The molecule has 5 heteroatoms. The summed E-state index contributed by atoms with van der Waals surface area (Å²) in [6, 6.07) is 9.91. The minimum atomic E-state index is -0.101. The molecule has 0 unspecified atom stereocenters. The van der Waals surface area contributed by atoms with Crippen LogP contribution in [0.15, 0.2) is 34.9 Å². The molecule has 25 heavy (non-hydrogen) atoms. The van der Waals surface area contributed by atoms with E-state index < -0.39 is 0 Å². The van der Waals surface area contributed by atoms with E-state index in [1.54, 1.807) is 0 Å². The largest absolute Gasteiger partial charge is 0.341 e. The smallest absolute Gasteiger partial charge is 0.257 e. The molecule has 0 bridgehead atoms. The molecule has 1 amide bonds. The summed E-state index contributed by atoms with van der Waals surface area (Å²) >= 11 is 0. The van der Waals surface area contributed by atoms with Crippen molar-refractivity contribution in [1.29, 1.82) is 0 Å². The second-order valence-electron chi connectivity index (χ2n) is 7.88. The van der Waals surface area contributed by atoms with Gasteiger partial charge in [-0.25, -0.2) is 0 Å². The zero-order valence-electron chi connectivity index (χ0n) is 14.4. The van der Waals surface area contributed by atoms with Crippen LogP contribution in [-0.4, -0.2) is 34.0 Å². The van der Waals surface area contributed by atoms with Crippen molar-refractivity contribution in [3.8, 4) is 11.5 Å². The Hall–Kier alpha value is -2.17.